The van der Waals surface area contributed by atoms with Crippen LogP contribution in [0.15, 0.2) is 41.0 Å². The van der Waals surface area contributed by atoms with Crippen molar-refractivity contribution in [2.45, 2.75) is 5.37 Å². The molecule has 1 aliphatic heterocycles. The number of hydrogen-bond donors (Lipinski definition) is 0. The second-order valence-electron chi connectivity index (χ2n) is 4.36. The van der Waals surface area contributed by atoms with Gasteiger partial charge in [0.2, 0.25) is 0 Å². The van der Waals surface area contributed by atoms with Crippen LogP contribution in [-0.4, -0.2) is 23.1 Å². The largest absolute Gasteiger partial charge is 0.459 e. The molecular formula is C14H11Cl2NO2S. The minimum atomic E-state index is -0.115. The van der Waals surface area contributed by atoms with E-state index >= 15 is 0 Å². The Kier molecular flexibility index (Phi) is 3.96. The van der Waals surface area contributed by atoms with E-state index in [0.717, 1.165) is 11.3 Å². The van der Waals surface area contributed by atoms with Gasteiger partial charge in [-0.25, -0.2) is 0 Å². The van der Waals surface area contributed by atoms with Crippen LogP contribution < -0.4 is 0 Å². The highest BCUT2D eigenvalue weighted by Crippen LogP contribution is 2.42. The van der Waals surface area contributed by atoms with Gasteiger partial charge in [0.25, 0.3) is 5.91 Å². The molecule has 6 heteroatoms. The third kappa shape index (κ3) is 2.55. The van der Waals surface area contributed by atoms with Gasteiger partial charge in [0.15, 0.2) is 5.76 Å². The fourth-order valence-electron chi connectivity index (χ4n) is 2.18. The molecule has 1 aromatic carbocycles. The van der Waals surface area contributed by atoms with Crippen molar-refractivity contribution < 1.29 is 9.21 Å². The molecule has 0 N–H and O–H groups in total. The lowest BCUT2D eigenvalue weighted by Crippen LogP contribution is -2.30. The Labute approximate surface area is 130 Å². The smallest absolute Gasteiger partial charge is 0.290 e. The minimum Gasteiger partial charge on any atom is -0.459 e. The first-order chi connectivity index (χ1) is 9.66. The summed E-state index contributed by atoms with van der Waals surface area (Å²) in [5, 5.41) is 1.07. The van der Waals surface area contributed by atoms with E-state index in [9.17, 15) is 4.79 Å². The molecule has 0 unspecified atom stereocenters. The Hall–Kier alpha value is -1.10. The van der Waals surface area contributed by atoms with E-state index in [4.69, 9.17) is 27.6 Å². The first-order valence-corrected chi connectivity index (χ1v) is 7.88. The second-order valence-corrected chi connectivity index (χ2v) is 6.40. The van der Waals surface area contributed by atoms with Gasteiger partial charge in [-0.3, -0.25) is 4.79 Å². The zero-order chi connectivity index (χ0) is 14.1. The van der Waals surface area contributed by atoms with Crippen LogP contribution in [0.1, 0.15) is 21.5 Å². The number of nitrogens with zero attached hydrogens (tertiary/aromatic N) is 1. The molecule has 20 heavy (non-hydrogen) atoms. The first kappa shape index (κ1) is 13.9. The van der Waals surface area contributed by atoms with E-state index in [2.05, 4.69) is 0 Å². The van der Waals surface area contributed by atoms with Crippen LogP contribution in [0.2, 0.25) is 10.0 Å². The fourth-order valence-corrected chi connectivity index (χ4v) is 4.05. The van der Waals surface area contributed by atoms with Gasteiger partial charge in [0.1, 0.15) is 5.37 Å². The van der Waals surface area contributed by atoms with Gasteiger partial charge in [-0.1, -0.05) is 29.3 Å². The lowest BCUT2D eigenvalue weighted by atomic mass is 10.2. The van der Waals surface area contributed by atoms with Crippen molar-refractivity contribution >= 4 is 40.9 Å². The summed E-state index contributed by atoms with van der Waals surface area (Å²) in [6.07, 6.45) is 1.50. The number of hydrogen-bond acceptors (Lipinski definition) is 3. The summed E-state index contributed by atoms with van der Waals surface area (Å²) in [6.45, 7) is 0.674. The quantitative estimate of drug-likeness (QED) is 0.815. The van der Waals surface area contributed by atoms with Crippen LogP contribution in [0.4, 0.5) is 0 Å². The van der Waals surface area contributed by atoms with E-state index in [-0.39, 0.29) is 11.3 Å². The third-order valence-electron chi connectivity index (χ3n) is 3.11. The highest BCUT2D eigenvalue weighted by Gasteiger charge is 2.33. The summed E-state index contributed by atoms with van der Waals surface area (Å²) in [5.74, 6) is 1.11. The van der Waals surface area contributed by atoms with Gasteiger partial charge in [0, 0.05) is 27.9 Å². The fraction of sp³-hybridized carbons (Fsp3) is 0.214. The van der Waals surface area contributed by atoms with E-state index in [1.54, 1.807) is 40.9 Å². The van der Waals surface area contributed by atoms with Crippen LogP contribution in [0.5, 0.6) is 0 Å². The molecule has 1 amide bonds. The Morgan fingerprint density at radius 1 is 1.35 bits per heavy atom. The molecule has 0 radical (unpaired) electrons. The van der Waals surface area contributed by atoms with Gasteiger partial charge in [-0.15, -0.1) is 11.8 Å². The van der Waals surface area contributed by atoms with E-state index in [1.807, 2.05) is 6.07 Å². The van der Waals surface area contributed by atoms with Crippen LogP contribution in [-0.2, 0) is 0 Å². The molecule has 1 aliphatic rings. The lowest BCUT2D eigenvalue weighted by Gasteiger charge is -2.24. The average Bonchev–Trinajstić information content (AvgIpc) is 3.09. The van der Waals surface area contributed by atoms with Gasteiger partial charge in [-0.2, -0.15) is 0 Å². The minimum absolute atomic E-state index is 0.0997. The lowest BCUT2D eigenvalue weighted by molar-refractivity contribution is 0.0728. The predicted octanol–water partition coefficient (Wildman–Crippen LogP) is 4.47. The molecule has 2 heterocycles. The van der Waals surface area contributed by atoms with Crippen molar-refractivity contribution in [3.05, 3.63) is 58.0 Å². The number of carbonyl (C=O) groups excluding carboxylic acids is 1. The average molecular weight is 328 g/mol. The molecule has 1 atom stereocenters. The van der Waals surface area contributed by atoms with Gasteiger partial charge in [-0.05, 0) is 24.3 Å². The predicted molar refractivity (Wildman–Crippen MR) is 81.4 cm³/mol. The second kappa shape index (κ2) is 5.72. The van der Waals surface area contributed by atoms with E-state index in [0.29, 0.717) is 22.4 Å². The third-order valence-corrected chi connectivity index (χ3v) is 4.92. The number of halogens is 2. The summed E-state index contributed by atoms with van der Waals surface area (Å²) in [4.78, 5) is 14.2. The van der Waals surface area contributed by atoms with Gasteiger partial charge >= 0.3 is 0 Å². The molecular weight excluding hydrogens is 317 g/mol. The first-order valence-electron chi connectivity index (χ1n) is 6.08. The van der Waals surface area contributed by atoms with Crippen LogP contribution in [0, 0.1) is 0 Å². The maximum Gasteiger partial charge on any atom is 0.290 e. The van der Waals surface area contributed by atoms with Crippen LogP contribution >= 0.6 is 35.0 Å². The van der Waals surface area contributed by atoms with Crippen molar-refractivity contribution in [2.75, 3.05) is 12.3 Å². The molecule has 0 aliphatic carbocycles. The number of rotatable bonds is 2. The summed E-state index contributed by atoms with van der Waals surface area (Å²) in [7, 11) is 0. The standard InChI is InChI=1S/C14H11Cl2NO2S/c15-9-3-4-10(11(16)8-9)14-17(5-7-20-14)13(18)12-2-1-6-19-12/h1-4,6,8,14H,5,7H2/t14-/m1/s1. The van der Waals surface area contributed by atoms with E-state index < -0.39 is 0 Å². The Morgan fingerprint density at radius 3 is 2.90 bits per heavy atom. The monoisotopic (exact) mass is 327 g/mol. The Bertz CT molecular complexity index is 630. The maximum atomic E-state index is 12.4. The zero-order valence-corrected chi connectivity index (χ0v) is 12.7. The van der Waals surface area contributed by atoms with Gasteiger partial charge < -0.3 is 9.32 Å². The topological polar surface area (TPSA) is 33.5 Å². The molecule has 0 saturated carbocycles. The number of carbonyl (C=O) groups is 1. The van der Waals surface area contributed by atoms with Crippen molar-refractivity contribution in [3.63, 3.8) is 0 Å². The number of amides is 1. The molecule has 1 fully saturated rings. The normalized spacial score (nSPS) is 18.5. The molecule has 104 valence electrons. The highest BCUT2D eigenvalue weighted by atomic mass is 35.5. The molecule has 2 aromatic rings. The highest BCUT2D eigenvalue weighted by molar-refractivity contribution is 7.99. The van der Waals surface area contributed by atoms with Crippen molar-refractivity contribution in [1.29, 1.82) is 0 Å². The summed E-state index contributed by atoms with van der Waals surface area (Å²) < 4.78 is 5.19. The summed E-state index contributed by atoms with van der Waals surface area (Å²) in [5.41, 5.74) is 0.901. The molecule has 0 spiro atoms. The number of furan rings is 1. The Morgan fingerprint density at radius 2 is 2.20 bits per heavy atom. The molecule has 1 saturated heterocycles. The van der Waals surface area contributed by atoms with E-state index in [1.165, 1.54) is 6.26 Å². The molecule has 0 bridgehead atoms. The van der Waals surface area contributed by atoms with Gasteiger partial charge in [0.05, 0.1) is 6.26 Å². The van der Waals surface area contributed by atoms with Crippen LogP contribution in [0.25, 0.3) is 0 Å². The summed E-state index contributed by atoms with van der Waals surface area (Å²) in [6, 6.07) is 8.74. The van der Waals surface area contributed by atoms with Crippen LogP contribution in [0.3, 0.4) is 0 Å². The molecule has 1 aromatic heterocycles. The summed E-state index contributed by atoms with van der Waals surface area (Å²) >= 11 is 13.8. The van der Waals surface area contributed by atoms with Crippen molar-refractivity contribution in [3.8, 4) is 0 Å². The number of benzene rings is 1. The molecule has 3 nitrogen and oxygen atoms in total. The maximum absolute atomic E-state index is 12.4. The zero-order valence-electron chi connectivity index (χ0n) is 10.4. The van der Waals surface area contributed by atoms with Crippen molar-refractivity contribution in [1.82, 2.24) is 4.90 Å². The molecule has 3 rings (SSSR count). The number of thioether (sulfide) groups is 1. The van der Waals surface area contributed by atoms with Crippen molar-refractivity contribution in [2.24, 2.45) is 0 Å². The Balaban J connectivity index is 1.91. The SMILES string of the molecule is O=C(c1ccco1)N1CCS[C@@H]1c1ccc(Cl)cc1Cl.